The molecule has 0 N–H and O–H groups in total. The summed E-state index contributed by atoms with van der Waals surface area (Å²) in [5.74, 6) is 0.0128. The standard InChI is InChI=1S/C16H19N3O2S2/c20-15-14(12-13-2-4-17-5-3-13)23-16(22)19(15)7-1-6-18-8-10-21-11-9-18/h2-5,12H,1,6-11H2/b14-12-. The third kappa shape index (κ3) is 4.38. The Morgan fingerprint density at radius 2 is 2.00 bits per heavy atom. The molecule has 0 bridgehead atoms. The van der Waals surface area contributed by atoms with Crippen LogP contribution in [0.25, 0.3) is 6.08 Å². The van der Waals surface area contributed by atoms with Gasteiger partial charge in [0.2, 0.25) is 0 Å². The molecule has 0 atom stereocenters. The molecule has 7 heteroatoms. The first kappa shape index (κ1) is 16.6. The van der Waals surface area contributed by atoms with Gasteiger partial charge in [0.15, 0.2) is 0 Å². The largest absolute Gasteiger partial charge is 0.379 e. The molecule has 3 rings (SSSR count). The number of rotatable bonds is 5. The molecule has 3 heterocycles. The van der Waals surface area contributed by atoms with Gasteiger partial charge in [-0.05, 0) is 30.2 Å². The number of carbonyl (C=O) groups excluding carboxylic acids is 1. The lowest BCUT2D eigenvalue weighted by Crippen LogP contribution is -2.38. The summed E-state index contributed by atoms with van der Waals surface area (Å²) in [5, 5.41) is 0. The third-order valence-corrected chi connectivity index (χ3v) is 5.22. The van der Waals surface area contributed by atoms with Crippen LogP contribution in [0.3, 0.4) is 0 Å². The first-order valence-corrected chi connectivity index (χ1v) is 8.92. The second kappa shape index (κ2) is 8.01. The van der Waals surface area contributed by atoms with Crippen LogP contribution in [0, 0.1) is 0 Å². The lowest BCUT2D eigenvalue weighted by atomic mass is 10.2. The molecule has 0 aliphatic carbocycles. The van der Waals surface area contributed by atoms with Crippen LogP contribution in [0.2, 0.25) is 0 Å². The van der Waals surface area contributed by atoms with Crippen LogP contribution in [0.15, 0.2) is 29.4 Å². The van der Waals surface area contributed by atoms with E-state index in [-0.39, 0.29) is 5.91 Å². The summed E-state index contributed by atoms with van der Waals surface area (Å²) in [6.45, 7) is 5.20. The second-order valence-electron chi connectivity index (χ2n) is 5.42. The Morgan fingerprint density at radius 3 is 2.74 bits per heavy atom. The number of hydrogen-bond acceptors (Lipinski definition) is 6. The van der Waals surface area contributed by atoms with E-state index < -0.39 is 0 Å². The van der Waals surface area contributed by atoms with E-state index in [9.17, 15) is 4.79 Å². The number of nitrogens with zero attached hydrogens (tertiary/aromatic N) is 3. The average Bonchev–Trinajstić information content (AvgIpc) is 2.84. The zero-order valence-corrected chi connectivity index (χ0v) is 14.4. The zero-order valence-electron chi connectivity index (χ0n) is 12.8. The summed E-state index contributed by atoms with van der Waals surface area (Å²) in [4.78, 5) is 21.3. The van der Waals surface area contributed by atoms with Gasteiger partial charge in [0.05, 0.1) is 18.1 Å². The highest BCUT2D eigenvalue weighted by molar-refractivity contribution is 8.26. The van der Waals surface area contributed by atoms with E-state index in [0.717, 1.165) is 44.8 Å². The summed E-state index contributed by atoms with van der Waals surface area (Å²) in [7, 11) is 0. The van der Waals surface area contributed by atoms with Gasteiger partial charge in [-0.2, -0.15) is 0 Å². The minimum Gasteiger partial charge on any atom is -0.379 e. The number of amides is 1. The average molecular weight is 349 g/mol. The number of carbonyl (C=O) groups is 1. The fourth-order valence-electron chi connectivity index (χ4n) is 2.58. The molecular formula is C16H19N3O2S2. The van der Waals surface area contributed by atoms with Gasteiger partial charge in [0.25, 0.3) is 5.91 Å². The van der Waals surface area contributed by atoms with Gasteiger partial charge in [-0.1, -0.05) is 24.0 Å². The maximum atomic E-state index is 12.5. The van der Waals surface area contributed by atoms with Crippen LogP contribution in [0.4, 0.5) is 0 Å². The summed E-state index contributed by atoms with van der Waals surface area (Å²) < 4.78 is 5.99. The Balaban J connectivity index is 1.55. The molecule has 0 spiro atoms. The van der Waals surface area contributed by atoms with E-state index >= 15 is 0 Å². The van der Waals surface area contributed by atoms with Gasteiger partial charge in [-0.15, -0.1) is 0 Å². The molecule has 2 aliphatic rings. The number of morpholine rings is 1. The Morgan fingerprint density at radius 1 is 1.26 bits per heavy atom. The minimum absolute atomic E-state index is 0.0128. The Kier molecular flexibility index (Phi) is 5.77. The molecule has 23 heavy (non-hydrogen) atoms. The van der Waals surface area contributed by atoms with E-state index in [1.165, 1.54) is 11.8 Å². The van der Waals surface area contributed by atoms with E-state index in [1.807, 2.05) is 18.2 Å². The van der Waals surface area contributed by atoms with Crippen molar-refractivity contribution in [2.75, 3.05) is 39.4 Å². The van der Waals surface area contributed by atoms with Crippen molar-refractivity contribution in [1.29, 1.82) is 0 Å². The smallest absolute Gasteiger partial charge is 0.266 e. The lowest BCUT2D eigenvalue weighted by Gasteiger charge is -2.27. The van der Waals surface area contributed by atoms with Crippen LogP contribution in [-0.4, -0.2) is 64.4 Å². The molecule has 1 aromatic rings. The monoisotopic (exact) mass is 349 g/mol. The number of aromatic nitrogens is 1. The molecule has 0 radical (unpaired) electrons. The van der Waals surface area contributed by atoms with Gasteiger partial charge in [-0.3, -0.25) is 19.6 Å². The highest BCUT2D eigenvalue weighted by Gasteiger charge is 2.31. The number of thioether (sulfide) groups is 1. The fraction of sp³-hybridized carbons (Fsp3) is 0.438. The van der Waals surface area contributed by atoms with Crippen molar-refractivity contribution in [2.24, 2.45) is 0 Å². The second-order valence-corrected chi connectivity index (χ2v) is 7.10. The van der Waals surface area contributed by atoms with Crippen LogP contribution in [0.1, 0.15) is 12.0 Å². The van der Waals surface area contributed by atoms with Crippen molar-refractivity contribution >= 4 is 40.3 Å². The summed E-state index contributed by atoms with van der Waals surface area (Å²) in [5.41, 5.74) is 0.966. The number of pyridine rings is 1. The van der Waals surface area contributed by atoms with E-state index in [2.05, 4.69) is 9.88 Å². The van der Waals surface area contributed by atoms with Gasteiger partial charge in [0, 0.05) is 38.6 Å². The highest BCUT2D eigenvalue weighted by Crippen LogP contribution is 2.32. The molecule has 122 valence electrons. The molecule has 2 aliphatic heterocycles. The highest BCUT2D eigenvalue weighted by atomic mass is 32.2. The molecule has 2 saturated heterocycles. The van der Waals surface area contributed by atoms with Gasteiger partial charge in [0.1, 0.15) is 4.32 Å². The van der Waals surface area contributed by atoms with Gasteiger partial charge < -0.3 is 4.74 Å². The number of hydrogen-bond donors (Lipinski definition) is 0. The Bertz CT molecular complexity index is 601. The van der Waals surface area contributed by atoms with Crippen molar-refractivity contribution in [3.63, 3.8) is 0 Å². The summed E-state index contributed by atoms with van der Waals surface area (Å²) in [6, 6.07) is 3.76. The molecule has 1 aromatic heterocycles. The number of thiocarbonyl (C=S) groups is 1. The lowest BCUT2D eigenvalue weighted by molar-refractivity contribution is -0.122. The van der Waals surface area contributed by atoms with E-state index in [0.29, 0.717) is 15.8 Å². The summed E-state index contributed by atoms with van der Waals surface area (Å²) >= 11 is 6.74. The van der Waals surface area contributed by atoms with E-state index in [1.54, 1.807) is 17.3 Å². The van der Waals surface area contributed by atoms with Crippen molar-refractivity contribution < 1.29 is 9.53 Å². The Labute approximate surface area is 145 Å². The molecular weight excluding hydrogens is 330 g/mol. The first-order chi connectivity index (χ1) is 11.2. The molecule has 0 aromatic carbocycles. The van der Waals surface area contributed by atoms with Crippen LogP contribution in [-0.2, 0) is 9.53 Å². The minimum atomic E-state index is 0.0128. The van der Waals surface area contributed by atoms with Gasteiger partial charge in [-0.25, -0.2) is 0 Å². The maximum Gasteiger partial charge on any atom is 0.266 e. The molecule has 0 saturated carbocycles. The zero-order chi connectivity index (χ0) is 16.1. The quantitative estimate of drug-likeness (QED) is 0.599. The van der Waals surface area contributed by atoms with Crippen molar-refractivity contribution in [3.05, 3.63) is 35.0 Å². The molecule has 2 fully saturated rings. The van der Waals surface area contributed by atoms with Crippen molar-refractivity contribution in [1.82, 2.24) is 14.8 Å². The van der Waals surface area contributed by atoms with Crippen LogP contribution in [0.5, 0.6) is 0 Å². The van der Waals surface area contributed by atoms with Crippen LogP contribution < -0.4 is 0 Å². The van der Waals surface area contributed by atoms with Crippen LogP contribution >= 0.6 is 24.0 Å². The van der Waals surface area contributed by atoms with E-state index in [4.69, 9.17) is 17.0 Å². The normalized spacial score (nSPS) is 21.4. The first-order valence-electron chi connectivity index (χ1n) is 7.69. The molecule has 1 amide bonds. The van der Waals surface area contributed by atoms with Crippen molar-refractivity contribution in [3.8, 4) is 0 Å². The third-order valence-electron chi connectivity index (χ3n) is 3.84. The summed E-state index contributed by atoms with van der Waals surface area (Å²) in [6.07, 6.45) is 6.24. The predicted octanol–water partition coefficient (Wildman–Crippen LogP) is 2.01. The SMILES string of the molecule is O=C1/C(=C/c2ccncc2)SC(=S)N1CCCN1CCOCC1. The predicted molar refractivity (Wildman–Crippen MR) is 96.0 cm³/mol. The fourth-order valence-corrected chi connectivity index (χ4v) is 3.89. The van der Waals surface area contributed by atoms with Crippen molar-refractivity contribution in [2.45, 2.75) is 6.42 Å². The van der Waals surface area contributed by atoms with Gasteiger partial charge >= 0.3 is 0 Å². The number of ether oxygens (including phenoxy) is 1. The molecule has 0 unspecified atom stereocenters. The molecule has 5 nitrogen and oxygen atoms in total. The maximum absolute atomic E-state index is 12.5. The topological polar surface area (TPSA) is 45.7 Å². The Hall–Kier alpha value is -1.28.